The summed E-state index contributed by atoms with van der Waals surface area (Å²) in [5.74, 6) is -0.296. The summed E-state index contributed by atoms with van der Waals surface area (Å²) in [5, 5.41) is 6.88. The maximum atomic E-state index is 13.5. The van der Waals surface area contributed by atoms with Gasteiger partial charge < -0.3 is 10.6 Å². The Labute approximate surface area is 220 Å². The SMILES string of the molecule is CS(=O)(=O)Nc1ccc(C(=O)N[C@@H]2CCC[C@H](Nc3cc(C(F)(F)F)nc4ccc(I)cc34)C2)cc1. The number of anilines is 2. The Balaban J connectivity index is 1.47. The molecule has 2 atom stereocenters. The van der Waals surface area contributed by atoms with Gasteiger partial charge in [-0.25, -0.2) is 13.4 Å². The molecule has 7 nitrogen and oxygen atoms in total. The number of carbonyl (C=O) groups excluding carboxylic acids is 1. The van der Waals surface area contributed by atoms with Crippen molar-refractivity contribution in [2.75, 3.05) is 16.3 Å². The number of nitrogens with zero attached hydrogens (tertiary/aromatic N) is 1. The van der Waals surface area contributed by atoms with E-state index in [2.05, 4.69) is 42.9 Å². The van der Waals surface area contributed by atoms with Gasteiger partial charge in [0.1, 0.15) is 5.69 Å². The van der Waals surface area contributed by atoms with E-state index in [4.69, 9.17) is 0 Å². The third-order valence-corrected chi connectivity index (χ3v) is 7.16. The molecule has 4 rings (SSSR count). The lowest BCUT2D eigenvalue weighted by molar-refractivity contribution is -0.140. The second-order valence-electron chi connectivity index (χ2n) is 8.84. The van der Waals surface area contributed by atoms with Crippen molar-refractivity contribution in [3.8, 4) is 0 Å². The molecule has 12 heteroatoms. The minimum Gasteiger partial charge on any atom is -0.382 e. The maximum Gasteiger partial charge on any atom is 0.433 e. The zero-order valence-corrected chi connectivity index (χ0v) is 22.2. The van der Waals surface area contributed by atoms with Crippen molar-refractivity contribution >= 4 is 60.8 Å². The highest BCUT2D eigenvalue weighted by molar-refractivity contribution is 14.1. The Morgan fingerprint density at radius 2 is 1.75 bits per heavy atom. The van der Waals surface area contributed by atoms with Gasteiger partial charge in [-0.2, -0.15) is 13.2 Å². The van der Waals surface area contributed by atoms with Gasteiger partial charge in [-0.1, -0.05) is 0 Å². The summed E-state index contributed by atoms with van der Waals surface area (Å²) in [4.78, 5) is 16.5. The van der Waals surface area contributed by atoms with Gasteiger partial charge in [0.05, 0.1) is 11.8 Å². The molecule has 1 saturated carbocycles. The number of fused-ring (bicyclic) bond motifs is 1. The van der Waals surface area contributed by atoms with Crippen LogP contribution in [0.3, 0.4) is 0 Å². The Kier molecular flexibility index (Phi) is 7.64. The van der Waals surface area contributed by atoms with E-state index < -0.39 is 21.9 Å². The molecule has 1 aliphatic carbocycles. The van der Waals surface area contributed by atoms with Crippen molar-refractivity contribution in [1.82, 2.24) is 10.3 Å². The molecule has 0 radical (unpaired) electrons. The van der Waals surface area contributed by atoms with Crippen LogP contribution < -0.4 is 15.4 Å². The Morgan fingerprint density at radius 1 is 1.06 bits per heavy atom. The molecule has 0 unspecified atom stereocenters. The summed E-state index contributed by atoms with van der Waals surface area (Å²) < 4.78 is 66.3. The van der Waals surface area contributed by atoms with Crippen LogP contribution in [0.25, 0.3) is 10.9 Å². The average Bonchev–Trinajstić information content (AvgIpc) is 2.78. The summed E-state index contributed by atoms with van der Waals surface area (Å²) in [5.41, 5.74) is 0.425. The molecule has 1 aliphatic rings. The predicted molar refractivity (Wildman–Crippen MR) is 142 cm³/mol. The topological polar surface area (TPSA) is 100 Å². The molecule has 36 heavy (non-hydrogen) atoms. The Bertz CT molecular complexity index is 1380. The molecule has 3 aromatic rings. The zero-order chi connectivity index (χ0) is 26.1. The van der Waals surface area contributed by atoms with E-state index in [0.29, 0.717) is 28.7 Å². The van der Waals surface area contributed by atoms with Crippen molar-refractivity contribution in [3.05, 3.63) is 63.4 Å². The molecule has 2 aromatic carbocycles. The lowest BCUT2D eigenvalue weighted by Gasteiger charge is -2.31. The minimum atomic E-state index is -4.57. The molecular formula is C24H24F3IN4O3S. The first-order valence-electron chi connectivity index (χ1n) is 11.2. The third-order valence-electron chi connectivity index (χ3n) is 5.88. The zero-order valence-electron chi connectivity index (χ0n) is 19.2. The number of alkyl halides is 3. The van der Waals surface area contributed by atoms with E-state index in [0.717, 1.165) is 35.2 Å². The average molecular weight is 632 g/mol. The highest BCUT2D eigenvalue weighted by atomic mass is 127. The number of benzene rings is 2. The third kappa shape index (κ3) is 6.78. The van der Waals surface area contributed by atoms with Gasteiger partial charge in [0.15, 0.2) is 0 Å². The van der Waals surface area contributed by atoms with Gasteiger partial charge in [0.2, 0.25) is 10.0 Å². The summed E-state index contributed by atoms with van der Waals surface area (Å²) >= 11 is 2.11. The second-order valence-corrected chi connectivity index (χ2v) is 11.8. The molecule has 0 saturated heterocycles. The number of carbonyl (C=O) groups is 1. The van der Waals surface area contributed by atoms with E-state index in [1.807, 2.05) is 0 Å². The number of hydrogen-bond acceptors (Lipinski definition) is 5. The quantitative estimate of drug-likeness (QED) is 0.317. The fourth-order valence-corrected chi connectivity index (χ4v) is 5.36. The largest absolute Gasteiger partial charge is 0.433 e. The number of halogens is 4. The van der Waals surface area contributed by atoms with Gasteiger partial charge in [0, 0.05) is 38.0 Å². The minimum absolute atomic E-state index is 0.130. The van der Waals surface area contributed by atoms with Crippen molar-refractivity contribution in [2.45, 2.75) is 43.9 Å². The number of nitrogens with one attached hydrogen (secondary N) is 3. The first kappa shape index (κ1) is 26.5. The van der Waals surface area contributed by atoms with Crippen molar-refractivity contribution < 1.29 is 26.4 Å². The van der Waals surface area contributed by atoms with Gasteiger partial charge in [0.25, 0.3) is 5.91 Å². The molecular weight excluding hydrogens is 608 g/mol. The van der Waals surface area contributed by atoms with Gasteiger partial charge in [-0.05, 0) is 96.8 Å². The molecule has 1 heterocycles. The molecule has 0 bridgehead atoms. The molecule has 1 amide bonds. The summed E-state index contributed by atoms with van der Waals surface area (Å²) in [6.45, 7) is 0. The number of aromatic nitrogens is 1. The van der Waals surface area contributed by atoms with Crippen LogP contribution in [0.15, 0.2) is 48.5 Å². The standard InChI is InChI=1S/C24H24F3IN4O3S/c1-36(34,35)32-16-8-5-14(6-9-16)23(33)30-18-4-2-3-17(12-18)29-21-13-22(24(25,26)27)31-20-10-7-15(28)11-19(20)21/h5-11,13,17-18,32H,2-4,12H2,1H3,(H,29,31)(H,30,33)/t17-,18+/m0/s1. The van der Waals surface area contributed by atoms with E-state index in [1.54, 1.807) is 18.2 Å². The van der Waals surface area contributed by atoms with E-state index in [9.17, 15) is 26.4 Å². The smallest absolute Gasteiger partial charge is 0.382 e. The summed E-state index contributed by atoms with van der Waals surface area (Å²) in [6, 6.07) is 11.9. The molecule has 192 valence electrons. The normalized spacial score (nSPS) is 18.6. The summed E-state index contributed by atoms with van der Waals surface area (Å²) in [6.07, 6.45) is -0.668. The highest BCUT2D eigenvalue weighted by Gasteiger charge is 2.34. The van der Waals surface area contributed by atoms with Crippen LogP contribution in [0.4, 0.5) is 24.5 Å². The Hall–Kier alpha value is -2.61. The van der Waals surface area contributed by atoms with Crippen LogP contribution in [0.5, 0.6) is 0 Å². The summed E-state index contributed by atoms with van der Waals surface area (Å²) in [7, 11) is -3.42. The molecule has 0 spiro atoms. The van der Waals surface area contributed by atoms with Crippen LogP contribution in [0.2, 0.25) is 0 Å². The van der Waals surface area contributed by atoms with Gasteiger partial charge >= 0.3 is 6.18 Å². The fourth-order valence-electron chi connectivity index (χ4n) is 4.31. The fraction of sp³-hybridized carbons (Fsp3) is 0.333. The monoisotopic (exact) mass is 632 g/mol. The van der Waals surface area contributed by atoms with Gasteiger partial charge in [-0.15, -0.1) is 0 Å². The van der Waals surface area contributed by atoms with E-state index in [-0.39, 0.29) is 23.5 Å². The molecule has 1 fully saturated rings. The maximum absolute atomic E-state index is 13.5. The van der Waals surface area contributed by atoms with E-state index >= 15 is 0 Å². The predicted octanol–water partition coefficient (Wildman–Crippen LogP) is 5.38. The van der Waals surface area contributed by atoms with Crippen molar-refractivity contribution in [3.63, 3.8) is 0 Å². The number of hydrogen-bond donors (Lipinski definition) is 3. The van der Waals surface area contributed by atoms with Crippen LogP contribution in [0.1, 0.15) is 41.7 Å². The number of rotatable bonds is 6. The van der Waals surface area contributed by atoms with Crippen LogP contribution in [-0.4, -0.2) is 37.6 Å². The highest BCUT2D eigenvalue weighted by Crippen LogP contribution is 2.35. The van der Waals surface area contributed by atoms with Crippen molar-refractivity contribution in [2.24, 2.45) is 0 Å². The second kappa shape index (κ2) is 10.4. The molecule has 3 N–H and O–H groups in total. The van der Waals surface area contributed by atoms with E-state index in [1.165, 1.54) is 24.3 Å². The Morgan fingerprint density at radius 3 is 2.42 bits per heavy atom. The number of sulfonamides is 1. The first-order chi connectivity index (χ1) is 16.9. The number of amides is 1. The molecule has 1 aromatic heterocycles. The van der Waals surface area contributed by atoms with Crippen LogP contribution in [-0.2, 0) is 16.2 Å². The lowest BCUT2D eigenvalue weighted by atomic mass is 9.90. The van der Waals surface area contributed by atoms with Crippen molar-refractivity contribution in [1.29, 1.82) is 0 Å². The number of pyridine rings is 1. The van der Waals surface area contributed by atoms with Crippen LogP contribution in [0, 0.1) is 3.57 Å². The van der Waals surface area contributed by atoms with Gasteiger partial charge in [-0.3, -0.25) is 9.52 Å². The van der Waals surface area contributed by atoms with Crippen LogP contribution >= 0.6 is 22.6 Å². The first-order valence-corrected chi connectivity index (χ1v) is 14.2. The molecule has 0 aliphatic heterocycles. The lowest BCUT2D eigenvalue weighted by Crippen LogP contribution is -2.41.